The van der Waals surface area contributed by atoms with Crippen LogP contribution in [0.5, 0.6) is 0 Å². The third-order valence-electron chi connectivity index (χ3n) is 2.91. The Balaban J connectivity index is 2.58. The highest BCUT2D eigenvalue weighted by Gasteiger charge is 2.36. The van der Waals surface area contributed by atoms with Crippen LogP contribution in [0.15, 0.2) is 12.1 Å². The van der Waals surface area contributed by atoms with E-state index in [-0.39, 0.29) is 11.9 Å². The number of ether oxygens (including phenoxy) is 1. The van der Waals surface area contributed by atoms with E-state index in [4.69, 9.17) is 10.00 Å². The number of hydrogen-bond acceptors (Lipinski definition) is 3. The van der Waals surface area contributed by atoms with Crippen molar-refractivity contribution in [1.29, 1.82) is 5.26 Å². The van der Waals surface area contributed by atoms with Gasteiger partial charge < -0.3 is 4.74 Å². The first-order valence-electron chi connectivity index (χ1n) is 5.26. The Hall–Kier alpha value is -1.82. The number of cyclic esters (lactones) is 1. The monoisotopic (exact) mass is 215 g/mol. The van der Waals surface area contributed by atoms with E-state index < -0.39 is 6.10 Å². The highest BCUT2D eigenvalue weighted by molar-refractivity contribution is 5.95. The zero-order valence-corrected chi connectivity index (χ0v) is 9.57. The average molecular weight is 215 g/mol. The zero-order valence-electron chi connectivity index (χ0n) is 9.57. The SMILES string of the molecule is Cc1cc(C)c2c(c1)C(C(C)C#N)OC2=O. The van der Waals surface area contributed by atoms with Crippen LogP contribution >= 0.6 is 0 Å². The van der Waals surface area contributed by atoms with E-state index in [2.05, 4.69) is 6.07 Å². The number of carbonyl (C=O) groups is 1. The van der Waals surface area contributed by atoms with E-state index in [9.17, 15) is 4.79 Å². The molecule has 0 saturated heterocycles. The van der Waals surface area contributed by atoms with Gasteiger partial charge in [0.25, 0.3) is 0 Å². The summed E-state index contributed by atoms with van der Waals surface area (Å²) in [6, 6.07) is 6.02. The first kappa shape index (κ1) is 10.7. The summed E-state index contributed by atoms with van der Waals surface area (Å²) in [5, 5.41) is 8.90. The van der Waals surface area contributed by atoms with E-state index in [0.29, 0.717) is 5.56 Å². The van der Waals surface area contributed by atoms with Gasteiger partial charge in [0.2, 0.25) is 0 Å². The van der Waals surface area contributed by atoms with Crippen LogP contribution in [0, 0.1) is 31.1 Å². The van der Waals surface area contributed by atoms with Crippen LogP contribution in [0.4, 0.5) is 0 Å². The van der Waals surface area contributed by atoms with Gasteiger partial charge in [0.15, 0.2) is 0 Å². The van der Waals surface area contributed by atoms with Crippen molar-refractivity contribution in [2.75, 3.05) is 0 Å². The number of aryl methyl sites for hydroxylation is 2. The number of esters is 1. The van der Waals surface area contributed by atoms with Crippen molar-refractivity contribution in [3.8, 4) is 6.07 Å². The molecule has 3 nitrogen and oxygen atoms in total. The molecule has 16 heavy (non-hydrogen) atoms. The lowest BCUT2D eigenvalue weighted by molar-refractivity contribution is 0.0316. The normalized spacial score (nSPS) is 19.9. The Morgan fingerprint density at radius 3 is 2.75 bits per heavy atom. The Morgan fingerprint density at radius 1 is 1.44 bits per heavy atom. The fourth-order valence-corrected chi connectivity index (χ4v) is 2.18. The van der Waals surface area contributed by atoms with Gasteiger partial charge in [-0.25, -0.2) is 4.79 Å². The van der Waals surface area contributed by atoms with E-state index >= 15 is 0 Å². The molecular weight excluding hydrogens is 202 g/mol. The quantitative estimate of drug-likeness (QED) is 0.677. The van der Waals surface area contributed by atoms with E-state index in [0.717, 1.165) is 16.7 Å². The second-order valence-corrected chi connectivity index (χ2v) is 4.29. The summed E-state index contributed by atoms with van der Waals surface area (Å²) in [6.45, 7) is 5.64. The van der Waals surface area contributed by atoms with Crippen molar-refractivity contribution in [2.45, 2.75) is 26.9 Å². The number of hydrogen-bond donors (Lipinski definition) is 0. The molecule has 0 radical (unpaired) electrons. The van der Waals surface area contributed by atoms with E-state index in [1.165, 1.54) is 0 Å². The fourth-order valence-electron chi connectivity index (χ4n) is 2.18. The molecule has 2 atom stereocenters. The molecule has 2 rings (SSSR count). The maximum Gasteiger partial charge on any atom is 0.339 e. The van der Waals surface area contributed by atoms with Crippen LogP contribution in [-0.2, 0) is 4.74 Å². The van der Waals surface area contributed by atoms with Crippen LogP contribution in [0.25, 0.3) is 0 Å². The van der Waals surface area contributed by atoms with Gasteiger partial charge in [-0.3, -0.25) is 0 Å². The topological polar surface area (TPSA) is 50.1 Å². The Bertz CT molecular complexity index is 499. The van der Waals surface area contributed by atoms with Crippen LogP contribution in [0.3, 0.4) is 0 Å². The predicted molar refractivity (Wildman–Crippen MR) is 58.8 cm³/mol. The molecule has 0 aromatic heterocycles. The van der Waals surface area contributed by atoms with Gasteiger partial charge in [0.1, 0.15) is 6.10 Å². The lowest BCUT2D eigenvalue weighted by atomic mass is 9.93. The van der Waals surface area contributed by atoms with Gasteiger partial charge >= 0.3 is 5.97 Å². The number of benzene rings is 1. The number of fused-ring (bicyclic) bond motifs is 1. The lowest BCUT2D eigenvalue weighted by Gasteiger charge is -2.12. The number of nitrogens with zero attached hydrogens (tertiary/aromatic N) is 1. The first-order chi connectivity index (χ1) is 7.54. The number of carbonyl (C=O) groups excluding carboxylic acids is 1. The van der Waals surface area contributed by atoms with Gasteiger partial charge in [-0.1, -0.05) is 17.7 Å². The molecule has 1 aromatic carbocycles. The first-order valence-corrected chi connectivity index (χ1v) is 5.26. The molecule has 0 amide bonds. The summed E-state index contributed by atoms with van der Waals surface area (Å²) in [4.78, 5) is 11.7. The third kappa shape index (κ3) is 1.47. The second-order valence-electron chi connectivity index (χ2n) is 4.29. The number of rotatable bonds is 1. The van der Waals surface area contributed by atoms with Crippen LogP contribution in [0.2, 0.25) is 0 Å². The molecule has 2 unspecified atom stereocenters. The van der Waals surface area contributed by atoms with Gasteiger partial charge in [0.05, 0.1) is 17.6 Å². The largest absolute Gasteiger partial charge is 0.452 e. The van der Waals surface area contributed by atoms with Crippen molar-refractivity contribution in [2.24, 2.45) is 5.92 Å². The molecule has 1 aliphatic heterocycles. The third-order valence-corrected chi connectivity index (χ3v) is 2.91. The molecule has 0 N–H and O–H groups in total. The Kier molecular flexibility index (Phi) is 2.43. The second kappa shape index (κ2) is 3.64. The van der Waals surface area contributed by atoms with Gasteiger partial charge in [0, 0.05) is 5.56 Å². The molecule has 1 heterocycles. The highest BCUT2D eigenvalue weighted by atomic mass is 16.5. The van der Waals surface area contributed by atoms with Crippen molar-refractivity contribution in [3.05, 3.63) is 34.4 Å². The minimum Gasteiger partial charge on any atom is -0.452 e. The lowest BCUT2D eigenvalue weighted by Crippen LogP contribution is -2.07. The van der Waals surface area contributed by atoms with Crippen molar-refractivity contribution < 1.29 is 9.53 Å². The van der Waals surface area contributed by atoms with Gasteiger partial charge in [-0.15, -0.1) is 0 Å². The molecule has 1 aromatic rings. The van der Waals surface area contributed by atoms with Gasteiger partial charge in [-0.2, -0.15) is 5.26 Å². The van der Waals surface area contributed by atoms with Crippen LogP contribution in [-0.4, -0.2) is 5.97 Å². The standard InChI is InChI=1S/C13H13NO2/c1-7-4-8(2)11-10(5-7)12(9(3)6-14)16-13(11)15/h4-5,9,12H,1-3H3. The zero-order chi connectivity index (χ0) is 11.9. The molecular formula is C13H13NO2. The van der Waals surface area contributed by atoms with Crippen LogP contribution in [0.1, 0.15) is 40.1 Å². The van der Waals surface area contributed by atoms with E-state index in [1.54, 1.807) is 6.92 Å². The Morgan fingerprint density at radius 2 is 2.12 bits per heavy atom. The summed E-state index contributed by atoms with van der Waals surface area (Å²) >= 11 is 0. The van der Waals surface area contributed by atoms with Crippen molar-refractivity contribution in [1.82, 2.24) is 0 Å². The highest BCUT2D eigenvalue weighted by Crippen LogP contribution is 2.37. The molecule has 82 valence electrons. The molecule has 3 heteroatoms. The molecule has 0 saturated carbocycles. The molecule has 0 aliphatic carbocycles. The Labute approximate surface area is 94.6 Å². The van der Waals surface area contributed by atoms with Crippen LogP contribution < -0.4 is 0 Å². The van der Waals surface area contributed by atoms with Crippen molar-refractivity contribution >= 4 is 5.97 Å². The molecule has 1 aliphatic rings. The summed E-state index contributed by atoms with van der Waals surface area (Å²) in [5.41, 5.74) is 3.51. The summed E-state index contributed by atoms with van der Waals surface area (Å²) in [5.74, 6) is -0.619. The average Bonchev–Trinajstić information content (AvgIpc) is 2.54. The van der Waals surface area contributed by atoms with Crippen molar-refractivity contribution in [3.63, 3.8) is 0 Å². The molecule has 0 spiro atoms. The van der Waals surface area contributed by atoms with Gasteiger partial charge in [-0.05, 0) is 26.3 Å². The predicted octanol–water partition coefficient (Wildman–Crippen LogP) is 2.67. The number of nitriles is 1. The molecule has 0 fully saturated rings. The maximum atomic E-state index is 11.7. The smallest absolute Gasteiger partial charge is 0.339 e. The summed E-state index contributed by atoms with van der Waals surface area (Å²) in [7, 11) is 0. The van der Waals surface area contributed by atoms with E-state index in [1.807, 2.05) is 26.0 Å². The summed E-state index contributed by atoms with van der Waals surface area (Å²) in [6.07, 6.45) is -0.411. The fraction of sp³-hybridized carbons (Fsp3) is 0.385. The minimum absolute atomic E-state index is 0.306. The maximum absolute atomic E-state index is 11.7. The summed E-state index contributed by atoms with van der Waals surface area (Å²) < 4.78 is 5.26. The molecule has 0 bridgehead atoms. The minimum atomic E-state index is -0.411.